The molecule has 0 aromatic heterocycles. The number of aryl methyl sites for hydroxylation is 1. The third kappa shape index (κ3) is 7.23. The monoisotopic (exact) mass is 431 g/mol. The molecule has 0 radical (unpaired) electrons. The van der Waals surface area contributed by atoms with Gasteiger partial charge in [0.2, 0.25) is 11.8 Å². The summed E-state index contributed by atoms with van der Waals surface area (Å²) in [6, 6.07) is 6.81. The SMILES string of the molecule is CCN(CCCC(=O)N1CCC(C(=O)N(C)C)CC1)C(C)Cc1ccc(OC)c(C)c1. The van der Waals surface area contributed by atoms with E-state index < -0.39 is 0 Å². The zero-order chi connectivity index (χ0) is 23.0. The van der Waals surface area contributed by atoms with E-state index in [1.807, 2.05) is 11.0 Å². The van der Waals surface area contributed by atoms with Crippen molar-refractivity contribution in [3.63, 3.8) is 0 Å². The lowest BCUT2D eigenvalue weighted by Gasteiger charge is -2.33. The number of piperidine rings is 1. The summed E-state index contributed by atoms with van der Waals surface area (Å²) in [6.07, 6.45) is 4.00. The van der Waals surface area contributed by atoms with E-state index in [4.69, 9.17) is 4.74 Å². The molecule has 174 valence electrons. The summed E-state index contributed by atoms with van der Waals surface area (Å²) < 4.78 is 5.36. The molecule has 6 nitrogen and oxygen atoms in total. The normalized spacial score (nSPS) is 15.8. The molecule has 2 amide bonds. The minimum absolute atomic E-state index is 0.0667. The van der Waals surface area contributed by atoms with Crippen molar-refractivity contribution in [3.8, 4) is 5.75 Å². The number of likely N-dealkylation sites (tertiary alicyclic amines) is 1. The van der Waals surface area contributed by atoms with Crippen LogP contribution < -0.4 is 4.74 Å². The van der Waals surface area contributed by atoms with E-state index >= 15 is 0 Å². The predicted octanol–water partition coefficient (Wildman–Crippen LogP) is 3.36. The highest BCUT2D eigenvalue weighted by Crippen LogP contribution is 2.21. The first-order valence-corrected chi connectivity index (χ1v) is 11.6. The molecule has 1 unspecified atom stereocenters. The smallest absolute Gasteiger partial charge is 0.225 e. The van der Waals surface area contributed by atoms with Gasteiger partial charge in [0.05, 0.1) is 7.11 Å². The summed E-state index contributed by atoms with van der Waals surface area (Å²) in [5.41, 5.74) is 2.48. The molecule has 0 bridgehead atoms. The largest absolute Gasteiger partial charge is 0.496 e. The Balaban J connectivity index is 1.76. The number of carbonyl (C=O) groups excluding carboxylic acids is 2. The number of hydrogen-bond acceptors (Lipinski definition) is 4. The van der Waals surface area contributed by atoms with Crippen molar-refractivity contribution in [3.05, 3.63) is 29.3 Å². The summed E-state index contributed by atoms with van der Waals surface area (Å²) in [5, 5.41) is 0. The Kier molecular flexibility index (Phi) is 9.82. The molecule has 1 atom stereocenters. The van der Waals surface area contributed by atoms with Crippen molar-refractivity contribution >= 4 is 11.8 Å². The number of rotatable bonds is 10. The molecule has 0 N–H and O–H groups in total. The van der Waals surface area contributed by atoms with Crippen LogP contribution >= 0.6 is 0 Å². The van der Waals surface area contributed by atoms with E-state index in [1.165, 1.54) is 5.56 Å². The lowest BCUT2D eigenvalue weighted by Crippen LogP contribution is -2.43. The van der Waals surface area contributed by atoms with Gasteiger partial charge in [-0.1, -0.05) is 19.1 Å². The van der Waals surface area contributed by atoms with Crippen LogP contribution in [-0.2, 0) is 16.0 Å². The Labute approximate surface area is 188 Å². The van der Waals surface area contributed by atoms with E-state index in [1.54, 1.807) is 26.1 Å². The highest BCUT2D eigenvalue weighted by atomic mass is 16.5. The molecule has 1 fully saturated rings. The van der Waals surface area contributed by atoms with Crippen LogP contribution in [-0.4, -0.2) is 79.9 Å². The van der Waals surface area contributed by atoms with Gasteiger partial charge >= 0.3 is 0 Å². The van der Waals surface area contributed by atoms with E-state index in [-0.39, 0.29) is 17.7 Å². The van der Waals surface area contributed by atoms with Crippen LogP contribution in [0, 0.1) is 12.8 Å². The predicted molar refractivity (Wildman–Crippen MR) is 125 cm³/mol. The first-order chi connectivity index (χ1) is 14.8. The highest BCUT2D eigenvalue weighted by Gasteiger charge is 2.28. The standard InChI is InChI=1S/C25H41N3O3/c1-7-27(20(3)18-21-10-11-23(31-6)19(2)17-21)14-8-9-24(29)28-15-12-22(13-16-28)25(30)26(4)5/h10-11,17,20,22H,7-9,12-16,18H2,1-6H3. The number of methoxy groups -OCH3 is 1. The molecule has 1 aliphatic rings. The highest BCUT2D eigenvalue weighted by molar-refractivity contribution is 5.79. The minimum Gasteiger partial charge on any atom is -0.496 e. The van der Waals surface area contributed by atoms with Crippen molar-refractivity contribution in [1.29, 1.82) is 0 Å². The van der Waals surface area contributed by atoms with Gasteiger partial charge in [0.25, 0.3) is 0 Å². The fourth-order valence-electron chi connectivity index (χ4n) is 4.56. The van der Waals surface area contributed by atoms with Gasteiger partial charge in [0.15, 0.2) is 0 Å². The number of likely N-dealkylation sites (N-methyl/N-ethyl adjacent to an activating group) is 1. The van der Waals surface area contributed by atoms with Crippen LogP contribution in [0.15, 0.2) is 18.2 Å². The van der Waals surface area contributed by atoms with Crippen LogP contribution in [0.1, 0.15) is 50.7 Å². The Morgan fingerprint density at radius 2 is 1.90 bits per heavy atom. The first-order valence-electron chi connectivity index (χ1n) is 11.6. The van der Waals surface area contributed by atoms with Crippen molar-refractivity contribution in [2.75, 3.05) is 47.4 Å². The number of amides is 2. The van der Waals surface area contributed by atoms with Crippen LogP contribution in [0.2, 0.25) is 0 Å². The van der Waals surface area contributed by atoms with E-state index in [2.05, 4.69) is 37.8 Å². The fraction of sp³-hybridized carbons (Fsp3) is 0.680. The molecule has 2 rings (SSSR count). The molecule has 1 aromatic rings. The topological polar surface area (TPSA) is 53.1 Å². The molecular formula is C25H41N3O3. The average molecular weight is 432 g/mol. The Morgan fingerprint density at radius 3 is 2.45 bits per heavy atom. The fourth-order valence-corrected chi connectivity index (χ4v) is 4.56. The Hall–Kier alpha value is -2.08. The van der Waals surface area contributed by atoms with Gasteiger partial charge in [-0.05, 0) is 69.8 Å². The van der Waals surface area contributed by atoms with Crippen molar-refractivity contribution < 1.29 is 14.3 Å². The molecule has 0 saturated carbocycles. The van der Waals surface area contributed by atoms with E-state index in [9.17, 15) is 9.59 Å². The second kappa shape index (κ2) is 12.1. The summed E-state index contributed by atoms with van der Waals surface area (Å²) in [6.45, 7) is 9.83. The molecular weight excluding hydrogens is 390 g/mol. The Bertz CT molecular complexity index is 727. The third-order valence-electron chi connectivity index (χ3n) is 6.49. The van der Waals surface area contributed by atoms with Gasteiger partial charge in [-0.3, -0.25) is 9.59 Å². The maximum atomic E-state index is 12.6. The van der Waals surface area contributed by atoms with Crippen LogP contribution in [0.25, 0.3) is 0 Å². The van der Waals surface area contributed by atoms with Gasteiger partial charge in [0, 0.05) is 45.6 Å². The van der Waals surface area contributed by atoms with E-state index in [0.29, 0.717) is 25.6 Å². The molecule has 31 heavy (non-hydrogen) atoms. The lowest BCUT2D eigenvalue weighted by molar-refractivity contribution is -0.139. The molecule has 1 aromatic carbocycles. The Morgan fingerprint density at radius 1 is 1.23 bits per heavy atom. The summed E-state index contributed by atoms with van der Waals surface area (Å²) in [7, 11) is 5.31. The van der Waals surface area contributed by atoms with Crippen LogP contribution in [0.4, 0.5) is 0 Å². The van der Waals surface area contributed by atoms with Gasteiger partial charge in [-0.25, -0.2) is 0 Å². The summed E-state index contributed by atoms with van der Waals surface area (Å²) in [5.74, 6) is 1.41. The molecule has 6 heteroatoms. The van der Waals surface area contributed by atoms with Crippen LogP contribution in [0.3, 0.4) is 0 Å². The molecule has 0 aliphatic carbocycles. The van der Waals surface area contributed by atoms with Gasteiger partial charge < -0.3 is 19.4 Å². The molecule has 1 saturated heterocycles. The zero-order valence-electron chi connectivity index (χ0n) is 20.3. The second-order valence-electron chi connectivity index (χ2n) is 8.98. The summed E-state index contributed by atoms with van der Waals surface area (Å²) in [4.78, 5) is 30.8. The second-order valence-corrected chi connectivity index (χ2v) is 8.98. The maximum absolute atomic E-state index is 12.6. The average Bonchev–Trinajstić information content (AvgIpc) is 2.76. The maximum Gasteiger partial charge on any atom is 0.225 e. The quantitative estimate of drug-likeness (QED) is 0.570. The third-order valence-corrected chi connectivity index (χ3v) is 6.49. The zero-order valence-corrected chi connectivity index (χ0v) is 20.3. The first kappa shape index (κ1) is 25.2. The number of ether oxygens (including phenoxy) is 1. The van der Waals surface area contributed by atoms with Gasteiger partial charge in [-0.15, -0.1) is 0 Å². The van der Waals surface area contributed by atoms with Crippen molar-refractivity contribution in [2.24, 2.45) is 5.92 Å². The molecule has 0 spiro atoms. The number of benzene rings is 1. The molecule has 1 heterocycles. The number of carbonyl (C=O) groups is 2. The van der Waals surface area contributed by atoms with Crippen LogP contribution in [0.5, 0.6) is 5.75 Å². The minimum atomic E-state index is 0.0667. The summed E-state index contributed by atoms with van der Waals surface area (Å²) >= 11 is 0. The number of hydrogen-bond donors (Lipinski definition) is 0. The van der Waals surface area contributed by atoms with Crippen molar-refractivity contribution in [2.45, 2.75) is 58.9 Å². The number of nitrogens with zero attached hydrogens (tertiary/aromatic N) is 3. The molecule has 1 aliphatic heterocycles. The van der Waals surface area contributed by atoms with Gasteiger partial charge in [-0.2, -0.15) is 0 Å². The lowest BCUT2D eigenvalue weighted by atomic mass is 9.95. The van der Waals surface area contributed by atoms with Gasteiger partial charge in [0.1, 0.15) is 5.75 Å². The van der Waals surface area contributed by atoms with Crippen molar-refractivity contribution in [1.82, 2.24) is 14.7 Å². The van der Waals surface area contributed by atoms with E-state index in [0.717, 1.165) is 50.1 Å².